The van der Waals surface area contributed by atoms with Gasteiger partial charge in [-0.3, -0.25) is 14.4 Å². The van der Waals surface area contributed by atoms with Crippen LogP contribution in [0.1, 0.15) is 31.1 Å². The van der Waals surface area contributed by atoms with Crippen molar-refractivity contribution in [3.63, 3.8) is 0 Å². The normalized spacial score (nSPS) is 17.0. The van der Waals surface area contributed by atoms with Crippen molar-refractivity contribution in [1.29, 1.82) is 0 Å². The Morgan fingerprint density at radius 2 is 2.09 bits per heavy atom. The van der Waals surface area contributed by atoms with E-state index in [-0.39, 0.29) is 18.0 Å². The molecule has 1 atom stereocenters. The highest BCUT2D eigenvalue weighted by Gasteiger charge is 2.30. The van der Waals surface area contributed by atoms with Crippen molar-refractivity contribution in [3.05, 3.63) is 23.8 Å². The summed E-state index contributed by atoms with van der Waals surface area (Å²) < 4.78 is 5.49. The molecule has 118 valence electrons. The molecule has 0 saturated heterocycles. The molecular formula is C15H18N2O5. The number of fused-ring (bicyclic) bond motifs is 1. The highest BCUT2D eigenvalue weighted by molar-refractivity contribution is 6.04. The molecule has 1 aromatic carbocycles. The van der Waals surface area contributed by atoms with Gasteiger partial charge in [-0.2, -0.15) is 0 Å². The van der Waals surface area contributed by atoms with Gasteiger partial charge in [-0.15, -0.1) is 0 Å². The lowest BCUT2D eigenvalue weighted by Gasteiger charge is -2.25. The van der Waals surface area contributed by atoms with Gasteiger partial charge in [0.2, 0.25) is 0 Å². The molecule has 1 aliphatic heterocycles. The number of amides is 2. The zero-order valence-electron chi connectivity index (χ0n) is 12.6. The van der Waals surface area contributed by atoms with Gasteiger partial charge in [0, 0.05) is 6.54 Å². The Morgan fingerprint density at radius 3 is 2.73 bits per heavy atom. The molecule has 2 rings (SSSR count). The highest BCUT2D eigenvalue weighted by atomic mass is 16.5. The topological polar surface area (TPSA) is 105 Å². The largest absolute Gasteiger partial charge is 0.481 e. The van der Waals surface area contributed by atoms with Gasteiger partial charge in [-0.05, 0) is 32.9 Å². The smallest absolute Gasteiger partial charge is 0.310 e. The minimum Gasteiger partial charge on any atom is -0.481 e. The van der Waals surface area contributed by atoms with Crippen molar-refractivity contribution in [2.45, 2.75) is 26.9 Å². The first-order chi connectivity index (χ1) is 10.2. The Hall–Kier alpha value is -2.57. The quantitative estimate of drug-likeness (QED) is 0.776. The van der Waals surface area contributed by atoms with Crippen molar-refractivity contribution in [3.8, 4) is 5.75 Å². The summed E-state index contributed by atoms with van der Waals surface area (Å²) in [6, 6.07) is 4.82. The zero-order valence-corrected chi connectivity index (χ0v) is 12.6. The van der Waals surface area contributed by atoms with Gasteiger partial charge < -0.3 is 20.5 Å². The second-order valence-corrected chi connectivity index (χ2v) is 5.80. The molecule has 7 nitrogen and oxygen atoms in total. The zero-order chi connectivity index (χ0) is 16.5. The first-order valence-corrected chi connectivity index (χ1v) is 6.84. The molecule has 0 saturated carbocycles. The molecule has 1 aromatic rings. The van der Waals surface area contributed by atoms with Gasteiger partial charge in [-0.25, -0.2) is 0 Å². The summed E-state index contributed by atoms with van der Waals surface area (Å²) in [4.78, 5) is 34.9. The second kappa shape index (κ2) is 5.67. The third kappa shape index (κ3) is 3.03. The van der Waals surface area contributed by atoms with Gasteiger partial charge >= 0.3 is 5.97 Å². The van der Waals surface area contributed by atoms with Crippen LogP contribution in [0.2, 0.25) is 0 Å². The number of carbonyl (C=O) groups is 3. The first-order valence-electron chi connectivity index (χ1n) is 6.84. The minimum absolute atomic E-state index is 0.0211. The van der Waals surface area contributed by atoms with E-state index in [1.165, 1.54) is 13.8 Å². The Balaban J connectivity index is 2.20. The van der Waals surface area contributed by atoms with Crippen LogP contribution in [0.5, 0.6) is 5.75 Å². The van der Waals surface area contributed by atoms with Gasteiger partial charge in [0.25, 0.3) is 11.8 Å². The lowest BCUT2D eigenvalue weighted by atomic mass is 9.94. The van der Waals surface area contributed by atoms with Crippen LogP contribution in [0.15, 0.2) is 18.2 Å². The van der Waals surface area contributed by atoms with Crippen LogP contribution < -0.4 is 15.4 Å². The molecule has 1 aliphatic rings. The predicted molar refractivity (Wildman–Crippen MR) is 78.9 cm³/mol. The number of rotatable bonds is 4. The maximum absolute atomic E-state index is 12.3. The molecular weight excluding hydrogens is 288 g/mol. The fourth-order valence-electron chi connectivity index (χ4n) is 1.88. The standard InChI is InChI=1S/C15H18N2O5/c1-8-12(18)17-10-6-4-5-9(11(10)22-8)13(19)16-7-15(2,3)14(20)21/h4-6,8H,7H2,1-3H3,(H,16,19)(H,17,18)(H,20,21). The lowest BCUT2D eigenvalue weighted by molar-refractivity contribution is -0.146. The average Bonchev–Trinajstić information content (AvgIpc) is 2.45. The van der Waals surface area contributed by atoms with Gasteiger partial charge in [0.15, 0.2) is 11.9 Å². The molecule has 1 unspecified atom stereocenters. The van der Waals surface area contributed by atoms with Crippen LogP contribution in [0, 0.1) is 5.41 Å². The van der Waals surface area contributed by atoms with Crippen molar-refractivity contribution < 1.29 is 24.2 Å². The SMILES string of the molecule is CC1Oc2c(cccc2C(=O)NCC(C)(C)C(=O)O)NC1=O. The van der Waals surface area contributed by atoms with Crippen LogP contribution >= 0.6 is 0 Å². The second-order valence-electron chi connectivity index (χ2n) is 5.80. The number of anilines is 1. The monoisotopic (exact) mass is 306 g/mol. The fraction of sp³-hybridized carbons (Fsp3) is 0.400. The predicted octanol–water partition coefficient (Wildman–Crippen LogP) is 1.25. The Labute approximate surface area is 127 Å². The molecule has 3 N–H and O–H groups in total. The lowest BCUT2D eigenvalue weighted by Crippen LogP contribution is -2.40. The summed E-state index contributed by atoms with van der Waals surface area (Å²) in [6.45, 7) is 4.61. The van der Waals surface area contributed by atoms with Crippen molar-refractivity contribution in [1.82, 2.24) is 5.32 Å². The number of ether oxygens (including phenoxy) is 1. The summed E-state index contributed by atoms with van der Waals surface area (Å²) >= 11 is 0. The molecule has 0 spiro atoms. The molecule has 0 radical (unpaired) electrons. The average molecular weight is 306 g/mol. The third-order valence-corrected chi connectivity index (χ3v) is 3.45. The third-order valence-electron chi connectivity index (χ3n) is 3.45. The number of hydrogen-bond acceptors (Lipinski definition) is 4. The van der Waals surface area contributed by atoms with Crippen LogP contribution in [-0.4, -0.2) is 35.5 Å². The Morgan fingerprint density at radius 1 is 1.41 bits per heavy atom. The number of hydrogen-bond donors (Lipinski definition) is 3. The maximum atomic E-state index is 12.3. The van der Waals surface area contributed by atoms with Crippen molar-refractivity contribution in [2.75, 3.05) is 11.9 Å². The van der Waals surface area contributed by atoms with Crippen LogP contribution in [0.3, 0.4) is 0 Å². The number of carboxylic acids is 1. The van der Waals surface area contributed by atoms with Crippen molar-refractivity contribution in [2.24, 2.45) is 5.41 Å². The van der Waals surface area contributed by atoms with E-state index in [0.29, 0.717) is 11.4 Å². The molecule has 1 heterocycles. The summed E-state index contributed by atoms with van der Waals surface area (Å²) in [5, 5.41) is 14.3. The summed E-state index contributed by atoms with van der Waals surface area (Å²) in [5.41, 5.74) is -0.397. The molecule has 0 aromatic heterocycles. The van der Waals surface area contributed by atoms with Gasteiger partial charge in [-0.1, -0.05) is 6.07 Å². The number of benzene rings is 1. The number of carboxylic acid groups (broad SMARTS) is 1. The number of para-hydroxylation sites is 1. The summed E-state index contributed by atoms with van der Waals surface area (Å²) in [6.07, 6.45) is -0.697. The molecule has 0 aliphatic carbocycles. The van der Waals surface area contributed by atoms with E-state index in [4.69, 9.17) is 9.84 Å². The summed E-state index contributed by atoms with van der Waals surface area (Å²) in [5.74, 6) is -1.44. The molecule has 22 heavy (non-hydrogen) atoms. The van der Waals surface area contributed by atoms with Crippen LogP contribution in [0.25, 0.3) is 0 Å². The van der Waals surface area contributed by atoms with Crippen LogP contribution in [-0.2, 0) is 9.59 Å². The van der Waals surface area contributed by atoms with E-state index >= 15 is 0 Å². The summed E-state index contributed by atoms with van der Waals surface area (Å²) in [7, 11) is 0. The van der Waals surface area contributed by atoms with Crippen LogP contribution in [0.4, 0.5) is 5.69 Å². The first kappa shape index (κ1) is 15.8. The minimum atomic E-state index is -1.08. The Kier molecular flexibility index (Phi) is 4.07. The van der Waals surface area contributed by atoms with E-state index in [1.807, 2.05) is 0 Å². The fourth-order valence-corrected chi connectivity index (χ4v) is 1.88. The molecule has 0 bridgehead atoms. The molecule has 7 heteroatoms. The highest BCUT2D eigenvalue weighted by Crippen LogP contribution is 2.33. The van der Waals surface area contributed by atoms with E-state index in [1.54, 1.807) is 25.1 Å². The van der Waals surface area contributed by atoms with E-state index in [2.05, 4.69) is 10.6 Å². The maximum Gasteiger partial charge on any atom is 0.310 e. The Bertz CT molecular complexity index is 639. The van der Waals surface area contributed by atoms with E-state index in [0.717, 1.165) is 0 Å². The van der Waals surface area contributed by atoms with Gasteiger partial charge in [0.05, 0.1) is 16.7 Å². The number of aliphatic carboxylic acids is 1. The van der Waals surface area contributed by atoms with Crippen molar-refractivity contribution >= 4 is 23.5 Å². The number of nitrogens with one attached hydrogen (secondary N) is 2. The van der Waals surface area contributed by atoms with E-state index in [9.17, 15) is 14.4 Å². The molecule has 2 amide bonds. The van der Waals surface area contributed by atoms with Gasteiger partial charge in [0.1, 0.15) is 0 Å². The number of carbonyl (C=O) groups excluding carboxylic acids is 2. The van der Waals surface area contributed by atoms with E-state index < -0.39 is 23.4 Å². The molecule has 0 fully saturated rings.